The molecule has 0 radical (unpaired) electrons. The van der Waals surface area contributed by atoms with Crippen molar-refractivity contribution in [3.05, 3.63) is 63.6 Å². The van der Waals surface area contributed by atoms with Gasteiger partial charge in [-0.2, -0.15) is 0 Å². The van der Waals surface area contributed by atoms with E-state index >= 15 is 0 Å². The van der Waals surface area contributed by atoms with E-state index in [1.54, 1.807) is 12.1 Å². The summed E-state index contributed by atoms with van der Waals surface area (Å²) in [5, 5.41) is 0. The molecule has 0 aliphatic rings. The van der Waals surface area contributed by atoms with Crippen LogP contribution in [0.2, 0.25) is 0 Å². The van der Waals surface area contributed by atoms with E-state index < -0.39 is 0 Å². The maximum Gasteiger partial charge on any atom is 0.134 e. The van der Waals surface area contributed by atoms with Gasteiger partial charge < -0.3 is 10.5 Å². The number of hydrogen-bond donors (Lipinski definition) is 1. The van der Waals surface area contributed by atoms with Crippen molar-refractivity contribution in [3.63, 3.8) is 0 Å². The van der Waals surface area contributed by atoms with Crippen molar-refractivity contribution in [1.82, 2.24) is 0 Å². The van der Waals surface area contributed by atoms with Crippen LogP contribution in [0, 0.1) is 11.6 Å². The summed E-state index contributed by atoms with van der Waals surface area (Å²) < 4.78 is 32.3. The minimum absolute atomic E-state index is 0.139. The lowest BCUT2D eigenvalue weighted by molar-refractivity contribution is 0.303. The van der Waals surface area contributed by atoms with Crippen molar-refractivity contribution in [2.24, 2.45) is 5.73 Å². The minimum atomic E-state index is -0.341. The van der Waals surface area contributed by atoms with Crippen LogP contribution >= 0.6 is 15.9 Å². The SMILES string of the molecule is NCc1cc(COc2ccc(F)cc2Br)ccc1F. The van der Waals surface area contributed by atoms with Crippen LogP contribution in [-0.2, 0) is 13.2 Å². The van der Waals surface area contributed by atoms with E-state index in [4.69, 9.17) is 10.5 Å². The number of rotatable bonds is 4. The van der Waals surface area contributed by atoms with Gasteiger partial charge in [-0.1, -0.05) is 6.07 Å². The van der Waals surface area contributed by atoms with Crippen LogP contribution in [0.3, 0.4) is 0 Å². The molecule has 2 N–H and O–H groups in total. The maximum absolute atomic E-state index is 13.3. The molecule has 0 fully saturated rings. The van der Waals surface area contributed by atoms with Gasteiger partial charge in [0.2, 0.25) is 0 Å². The summed E-state index contributed by atoms with van der Waals surface area (Å²) in [7, 11) is 0. The molecule has 2 aromatic rings. The predicted octanol–water partition coefficient (Wildman–Crippen LogP) is 3.77. The lowest BCUT2D eigenvalue weighted by Gasteiger charge is -2.09. The summed E-state index contributed by atoms with van der Waals surface area (Å²) in [5.74, 6) is -0.138. The van der Waals surface area contributed by atoms with E-state index in [1.807, 2.05) is 0 Å². The second-order valence-corrected chi connectivity index (χ2v) is 4.85. The Balaban J connectivity index is 2.10. The fraction of sp³-hybridized carbons (Fsp3) is 0.143. The topological polar surface area (TPSA) is 35.2 Å². The van der Waals surface area contributed by atoms with E-state index in [-0.39, 0.29) is 24.8 Å². The van der Waals surface area contributed by atoms with E-state index in [2.05, 4.69) is 15.9 Å². The van der Waals surface area contributed by atoms with Crippen molar-refractivity contribution in [1.29, 1.82) is 0 Å². The monoisotopic (exact) mass is 327 g/mol. The third kappa shape index (κ3) is 3.52. The van der Waals surface area contributed by atoms with Crippen LogP contribution in [0.1, 0.15) is 11.1 Å². The second kappa shape index (κ2) is 6.12. The van der Waals surface area contributed by atoms with Crippen LogP contribution in [0.4, 0.5) is 8.78 Å². The second-order valence-electron chi connectivity index (χ2n) is 3.99. The maximum atomic E-state index is 13.3. The molecule has 0 aromatic heterocycles. The number of ether oxygens (including phenoxy) is 1. The highest BCUT2D eigenvalue weighted by molar-refractivity contribution is 9.10. The van der Waals surface area contributed by atoms with Gasteiger partial charge in [-0.05, 0) is 51.8 Å². The molecule has 2 nitrogen and oxygen atoms in total. The van der Waals surface area contributed by atoms with E-state index in [0.29, 0.717) is 15.8 Å². The standard InChI is InChI=1S/C14H12BrF2NO/c15-12-6-11(16)2-4-14(12)19-8-9-1-3-13(17)10(5-9)7-18/h1-6H,7-8,18H2. The Morgan fingerprint density at radius 3 is 2.58 bits per heavy atom. The minimum Gasteiger partial charge on any atom is -0.488 e. The Hall–Kier alpha value is -1.46. The summed E-state index contributed by atoms with van der Waals surface area (Å²) in [6.45, 7) is 0.400. The molecule has 100 valence electrons. The van der Waals surface area contributed by atoms with Gasteiger partial charge in [0.25, 0.3) is 0 Å². The molecular weight excluding hydrogens is 316 g/mol. The van der Waals surface area contributed by atoms with Crippen LogP contribution in [0.5, 0.6) is 5.75 Å². The van der Waals surface area contributed by atoms with E-state index in [9.17, 15) is 8.78 Å². The average molecular weight is 328 g/mol. The van der Waals surface area contributed by atoms with Gasteiger partial charge in [0.15, 0.2) is 0 Å². The highest BCUT2D eigenvalue weighted by Gasteiger charge is 2.05. The van der Waals surface area contributed by atoms with Crippen LogP contribution in [-0.4, -0.2) is 0 Å². The van der Waals surface area contributed by atoms with Crippen molar-refractivity contribution in [2.45, 2.75) is 13.2 Å². The normalized spacial score (nSPS) is 10.5. The molecule has 2 aromatic carbocycles. The van der Waals surface area contributed by atoms with Crippen LogP contribution in [0.15, 0.2) is 40.9 Å². The molecule has 0 saturated carbocycles. The van der Waals surface area contributed by atoms with Crippen LogP contribution < -0.4 is 10.5 Å². The van der Waals surface area contributed by atoms with Gasteiger partial charge in [-0.25, -0.2) is 8.78 Å². The molecule has 0 aliphatic heterocycles. The zero-order valence-electron chi connectivity index (χ0n) is 10.00. The zero-order chi connectivity index (χ0) is 13.8. The fourth-order valence-electron chi connectivity index (χ4n) is 1.63. The summed E-state index contributed by atoms with van der Waals surface area (Å²) in [6.07, 6.45) is 0. The van der Waals surface area contributed by atoms with Gasteiger partial charge in [-0.3, -0.25) is 0 Å². The van der Waals surface area contributed by atoms with Crippen molar-refractivity contribution < 1.29 is 13.5 Å². The number of halogens is 3. The molecule has 0 unspecified atom stereocenters. The summed E-state index contributed by atoms with van der Waals surface area (Å²) in [4.78, 5) is 0. The van der Waals surface area contributed by atoms with Crippen molar-refractivity contribution in [3.8, 4) is 5.75 Å². The first-order valence-corrected chi connectivity index (χ1v) is 6.44. The molecule has 2 rings (SSSR count). The van der Waals surface area contributed by atoms with Gasteiger partial charge in [0.1, 0.15) is 24.0 Å². The number of nitrogens with two attached hydrogens (primary N) is 1. The molecule has 0 heterocycles. The zero-order valence-corrected chi connectivity index (χ0v) is 11.6. The van der Waals surface area contributed by atoms with E-state index in [1.165, 1.54) is 24.3 Å². The highest BCUT2D eigenvalue weighted by atomic mass is 79.9. The Morgan fingerprint density at radius 1 is 1.11 bits per heavy atom. The molecule has 0 saturated heterocycles. The molecule has 0 spiro atoms. The quantitative estimate of drug-likeness (QED) is 0.927. The van der Waals surface area contributed by atoms with E-state index in [0.717, 1.165) is 5.56 Å². The lowest BCUT2D eigenvalue weighted by atomic mass is 10.1. The molecule has 0 amide bonds. The van der Waals surface area contributed by atoms with Gasteiger partial charge in [-0.15, -0.1) is 0 Å². The van der Waals surface area contributed by atoms with Gasteiger partial charge in [0.05, 0.1) is 4.47 Å². The van der Waals surface area contributed by atoms with Crippen molar-refractivity contribution >= 4 is 15.9 Å². The summed E-state index contributed by atoms with van der Waals surface area (Å²) >= 11 is 3.22. The Kier molecular flexibility index (Phi) is 4.50. The molecule has 19 heavy (non-hydrogen) atoms. The fourth-order valence-corrected chi connectivity index (χ4v) is 2.09. The molecular formula is C14H12BrF2NO. The average Bonchev–Trinajstić information content (AvgIpc) is 2.39. The summed E-state index contributed by atoms with van der Waals surface area (Å²) in [5.41, 5.74) is 6.69. The first kappa shape index (κ1) is 14.0. The molecule has 0 bridgehead atoms. The Morgan fingerprint density at radius 2 is 1.89 bits per heavy atom. The summed E-state index contributed by atoms with van der Waals surface area (Å²) in [6, 6.07) is 8.83. The third-order valence-corrected chi connectivity index (χ3v) is 3.24. The van der Waals surface area contributed by atoms with Crippen molar-refractivity contribution in [2.75, 3.05) is 0 Å². The Bertz CT molecular complexity index is 590. The number of benzene rings is 2. The number of hydrogen-bond acceptors (Lipinski definition) is 2. The Labute approximate surface area is 118 Å². The molecule has 5 heteroatoms. The molecule has 0 atom stereocenters. The first-order valence-electron chi connectivity index (χ1n) is 5.65. The third-order valence-electron chi connectivity index (χ3n) is 2.62. The highest BCUT2D eigenvalue weighted by Crippen LogP contribution is 2.26. The van der Waals surface area contributed by atoms with Gasteiger partial charge in [0, 0.05) is 12.1 Å². The largest absolute Gasteiger partial charge is 0.488 e. The lowest BCUT2D eigenvalue weighted by Crippen LogP contribution is -2.03. The van der Waals surface area contributed by atoms with Gasteiger partial charge >= 0.3 is 0 Å². The smallest absolute Gasteiger partial charge is 0.134 e. The first-order chi connectivity index (χ1) is 9.10. The predicted molar refractivity (Wildman–Crippen MR) is 72.7 cm³/mol. The van der Waals surface area contributed by atoms with Crippen LogP contribution in [0.25, 0.3) is 0 Å². The molecule has 0 aliphatic carbocycles.